The second kappa shape index (κ2) is 7.84. The molecule has 1 fully saturated rings. The number of aromatic nitrogens is 1. The molecule has 168 valence electrons. The molecule has 5 rings (SSSR count). The average molecular weight is 455 g/mol. The molecule has 9 heteroatoms. The number of nitrogens with one attached hydrogen (secondary N) is 2. The van der Waals surface area contributed by atoms with Crippen LogP contribution in [0.2, 0.25) is 0 Å². The van der Waals surface area contributed by atoms with E-state index in [2.05, 4.69) is 22.1 Å². The van der Waals surface area contributed by atoms with E-state index in [1.807, 2.05) is 6.07 Å². The van der Waals surface area contributed by atoms with Crippen LogP contribution in [0.25, 0.3) is 10.9 Å². The minimum absolute atomic E-state index is 0.0645. The van der Waals surface area contributed by atoms with Crippen LogP contribution in [0.5, 0.6) is 5.75 Å². The Morgan fingerprint density at radius 2 is 1.91 bits per heavy atom. The van der Waals surface area contributed by atoms with Gasteiger partial charge in [0.15, 0.2) is 5.84 Å². The number of anilines is 1. The van der Waals surface area contributed by atoms with E-state index in [1.165, 1.54) is 4.68 Å². The molecule has 8 nitrogen and oxygen atoms in total. The average Bonchev–Trinajstić information content (AvgIpc) is 3.24. The third-order valence-corrected chi connectivity index (χ3v) is 7.76. The summed E-state index contributed by atoms with van der Waals surface area (Å²) in [4.78, 5) is 13.9. The number of amidine groups is 1. The van der Waals surface area contributed by atoms with Crippen LogP contribution in [0, 0.1) is 5.92 Å². The fourth-order valence-corrected chi connectivity index (χ4v) is 5.82. The van der Waals surface area contributed by atoms with Gasteiger partial charge in [0, 0.05) is 11.4 Å². The largest absolute Gasteiger partial charge is 0.506 e. The molecule has 2 unspecified atom stereocenters. The predicted molar refractivity (Wildman–Crippen MR) is 128 cm³/mol. The lowest BCUT2D eigenvalue weighted by Gasteiger charge is -2.34. The number of rotatable bonds is 4. The van der Waals surface area contributed by atoms with Gasteiger partial charge in [-0.05, 0) is 49.4 Å². The lowest BCUT2D eigenvalue weighted by atomic mass is 10.1. The number of pyridine rings is 1. The number of fused-ring (bicyclic) bond motifs is 2. The van der Waals surface area contributed by atoms with Crippen LogP contribution in [-0.4, -0.2) is 30.8 Å². The van der Waals surface area contributed by atoms with E-state index < -0.39 is 16.3 Å². The van der Waals surface area contributed by atoms with Gasteiger partial charge in [0.1, 0.15) is 16.2 Å². The van der Waals surface area contributed by atoms with Gasteiger partial charge in [-0.2, -0.15) is 0 Å². The molecule has 2 aliphatic rings. The van der Waals surface area contributed by atoms with Crippen molar-refractivity contribution in [1.29, 1.82) is 0 Å². The molecule has 1 aliphatic carbocycles. The van der Waals surface area contributed by atoms with E-state index in [4.69, 9.17) is 0 Å². The molecule has 3 aromatic rings. The quantitative estimate of drug-likeness (QED) is 0.389. The maximum Gasteiger partial charge on any atom is 0.284 e. The number of benzene rings is 2. The Morgan fingerprint density at radius 3 is 2.69 bits per heavy atom. The fraction of sp³-hybridized carbons (Fsp3) is 0.304. The maximum atomic E-state index is 13.6. The Bertz CT molecular complexity index is 1290. The lowest BCUT2D eigenvalue weighted by Crippen LogP contribution is -2.39. The Morgan fingerprint density at radius 1 is 1.16 bits per heavy atom. The molecule has 1 saturated carbocycles. The van der Waals surface area contributed by atoms with Gasteiger partial charge in [-0.15, -0.1) is 4.40 Å². The van der Waals surface area contributed by atoms with Crippen LogP contribution in [0.4, 0.5) is 5.69 Å². The Balaban J connectivity index is 1.66. The highest BCUT2D eigenvalue weighted by molar-refractivity contribution is 8.23. The van der Waals surface area contributed by atoms with Gasteiger partial charge in [0.2, 0.25) is 0 Å². The first-order chi connectivity index (χ1) is 15.4. The summed E-state index contributed by atoms with van der Waals surface area (Å²) in [6, 6.07) is 13.9. The van der Waals surface area contributed by atoms with E-state index in [1.54, 1.807) is 42.5 Å². The van der Waals surface area contributed by atoms with E-state index in [0.29, 0.717) is 22.5 Å². The van der Waals surface area contributed by atoms with Crippen molar-refractivity contribution in [1.82, 2.24) is 4.68 Å². The summed E-state index contributed by atoms with van der Waals surface area (Å²) < 4.78 is 26.7. The first-order valence-corrected chi connectivity index (χ1v) is 12.3. The summed E-state index contributed by atoms with van der Waals surface area (Å²) in [6.07, 6.45) is 4.15. The van der Waals surface area contributed by atoms with Crippen molar-refractivity contribution in [3.8, 4) is 5.75 Å². The standard InChI is InChI=1S/C23H26N4O4S/c1-2-14-11-12-15(13-14)25-27-18-9-5-3-7-16(18)21(28)20(23(27)29)22-24-17-8-4-6-10-19(17)32(30,31)26-22/h3-10,14-15,25,28,30-31H,2,11-13H2,1H3,(H,24,26). The van der Waals surface area contributed by atoms with Crippen molar-refractivity contribution < 1.29 is 14.2 Å². The zero-order chi connectivity index (χ0) is 22.5. The van der Waals surface area contributed by atoms with Gasteiger partial charge in [-0.25, -0.2) is 4.68 Å². The molecule has 1 aliphatic heterocycles. The minimum Gasteiger partial charge on any atom is -0.506 e. The van der Waals surface area contributed by atoms with Gasteiger partial charge >= 0.3 is 0 Å². The zero-order valence-corrected chi connectivity index (χ0v) is 18.5. The van der Waals surface area contributed by atoms with Crippen molar-refractivity contribution >= 4 is 33.2 Å². The molecule has 0 saturated heterocycles. The molecule has 1 aromatic heterocycles. The zero-order valence-electron chi connectivity index (χ0n) is 17.7. The van der Waals surface area contributed by atoms with Crippen LogP contribution in [0.1, 0.15) is 38.2 Å². The third kappa shape index (κ3) is 3.42. The molecule has 5 N–H and O–H groups in total. The molecule has 0 radical (unpaired) electrons. The molecule has 32 heavy (non-hydrogen) atoms. The number of hydrogen-bond donors (Lipinski definition) is 5. The van der Waals surface area contributed by atoms with Crippen molar-refractivity contribution in [2.45, 2.75) is 43.5 Å². The number of aromatic hydroxyl groups is 1. The second-order valence-electron chi connectivity index (χ2n) is 8.37. The van der Waals surface area contributed by atoms with Gasteiger partial charge in [-0.3, -0.25) is 13.9 Å². The molecule has 0 amide bonds. The van der Waals surface area contributed by atoms with Crippen LogP contribution >= 0.6 is 10.8 Å². The van der Waals surface area contributed by atoms with Crippen molar-refractivity contribution in [3.63, 3.8) is 0 Å². The summed E-state index contributed by atoms with van der Waals surface area (Å²) in [7, 11) is -3.53. The summed E-state index contributed by atoms with van der Waals surface area (Å²) in [5.41, 5.74) is 3.75. The monoisotopic (exact) mass is 454 g/mol. The molecule has 2 aromatic carbocycles. The molecule has 0 bridgehead atoms. The van der Waals surface area contributed by atoms with Crippen LogP contribution < -0.4 is 16.3 Å². The molecule has 2 atom stereocenters. The van der Waals surface area contributed by atoms with Gasteiger partial charge in [0.25, 0.3) is 5.56 Å². The Hall–Kier alpha value is -3.01. The second-order valence-corrected chi connectivity index (χ2v) is 10.0. The van der Waals surface area contributed by atoms with Gasteiger partial charge in [0.05, 0.1) is 11.2 Å². The minimum atomic E-state index is -3.53. The van der Waals surface area contributed by atoms with Crippen molar-refractivity contribution in [3.05, 3.63) is 64.4 Å². The topological polar surface area (TPSA) is 119 Å². The number of para-hydroxylation sites is 2. The van der Waals surface area contributed by atoms with E-state index >= 15 is 0 Å². The highest BCUT2D eigenvalue weighted by atomic mass is 32.3. The van der Waals surface area contributed by atoms with Crippen molar-refractivity contribution in [2.24, 2.45) is 10.3 Å². The van der Waals surface area contributed by atoms with Gasteiger partial charge < -0.3 is 15.8 Å². The van der Waals surface area contributed by atoms with Crippen LogP contribution in [-0.2, 0) is 0 Å². The van der Waals surface area contributed by atoms with E-state index in [9.17, 15) is 19.0 Å². The first kappa shape index (κ1) is 20.9. The summed E-state index contributed by atoms with van der Waals surface area (Å²) in [6.45, 7) is 2.18. The molecular weight excluding hydrogens is 428 g/mol. The highest BCUT2D eigenvalue weighted by Gasteiger charge is 2.31. The summed E-state index contributed by atoms with van der Waals surface area (Å²) in [5, 5.41) is 14.5. The first-order valence-electron chi connectivity index (χ1n) is 10.8. The predicted octanol–water partition coefficient (Wildman–Crippen LogP) is 4.73. The highest BCUT2D eigenvalue weighted by Crippen LogP contribution is 2.55. The smallest absolute Gasteiger partial charge is 0.284 e. The van der Waals surface area contributed by atoms with Gasteiger partial charge in [-0.1, -0.05) is 48.4 Å². The molecular formula is C23H26N4O4S. The Labute approximate surface area is 187 Å². The number of nitrogens with zero attached hydrogens (tertiary/aromatic N) is 2. The van der Waals surface area contributed by atoms with Crippen LogP contribution in [0.15, 0.2) is 62.6 Å². The van der Waals surface area contributed by atoms with E-state index in [-0.39, 0.29) is 28.1 Å². The molecule has 0 spiro atoms. The maximum absolute atomic E-state index is 13.6. The van der Waals surface area contributed by atoms with Crippen LogP contribution in [0.3, 0.4) is 0 Å². The fourth-order valence-electron chi connectivity index (χ4n) is 4.66. The van der Waals surface area contributed by atoms with E-state index in [0.717, 1.165) is 25.7 Å². The summed E-state index contributed by atoms with van der Waals surface area (Å²) in [5.74, 6) is 0.313. The third-order valence-electron chi connectivity index (χ3n) is 6.37. The lowest BCUT2D eigenvalue weighted by molar-refractivity contribution is 0.477. The molecule has 2 heterocycles. The normalized spacial score (nSPS) is 22.7. The SMILES string of the molecule is CCC1CCC(Nn2c(=O)c(C3=NS(O)(O)c4ccccc4N3)c(O)c3ccccc32)C1. The number of hydrogen-bond acceptors (Lipinski definition) is 7. The summed E-state index contributed by atoms with van der Waals surface area (Å²) >= 11 is 0. The Kier molecular flexibility index (Phi) is 5.11. The van der Waals surface area contributed by atoms with Crippen molar-refractivity contribution in [2.75, 3.05) is 10.7 Å².